The summed E-state index contributed by atoms with van der Waals surface area (Å²) in [5, 5.41) is -16.2. The SMILES string of the molecule is O=S(=O)(NC(F)(F)C(F)(F)C(F)(F)[N+](F)(F)F)C(F)(F)C(F)(F)C(F)(F)C(F)(F)C(F)(F)C(F)(F)C(F)(F)C(F)(F)F. The van der Waals surface area contributed by atoms with Crippen LogP contribution in [-0.2, 0) is 10.0 Å². The van der Waals surface area contributed by atoms with E-state index in [1.54, 1.807) is 0 Å². The molecular formula is C11HF26N2O2S+. The van der Waals surface area contributed by atoms with E-state index < -0.39 is 84.9 Å². The van der Waals surface area contributed by atoms with Crippen LogP contribution in [0.25, 0.3) is 0 Å². The van der Waals surface area contributed by atoms with Crippen molar-refractivity contribution in [1.29, 1.82) is 0 Å². The highest BCUT2D eigenvalue weighted by molar-refractivity contribution is 7.90. The number of alkyl halides is 23. The second-order valence-corrected chi connectivity index (χ2v) is 8.93. The third kappa shape index (κ3) is 4.92. The number of nitrogens with one attached hydrogen (secondary N) is 1. The van der Waals surface area contributed by atoms with Gasteiger partial charge in [-0.05, 0) is 0 Å². The zero-order valence-corrected chi connectivity index (χ0v) is 18.3. The zero-order chi connectivity index (χ0) is 35.2. The summed E-state index contributed by atoms with van der Waals surface area (Å²) in [7, 11) is -9.38. The molecule has 0 amide bonds. The first-order valence-electron chi connectivity index (χ1n) is 8.32. The molecule has 0 radical (unpaired) electrons. The number of hydrogen-bond donors (Lipinski definition) is 1. The minimum absolute atomic E-state index is 2.18. The Bertz CT molecular complexity index is 1110. The lowest BCUT2D eigenvalue weighted by molar-refractivity contribution is -1.32. The summed E-state index contributed by atoms with van der Waals surface area (Å²) < 4.78 is 355. The molecule has 0 spiro atoms. The highest BCUT2D eigenvalue weighted by atomic mass is 32.2. The van der Waals surface area contributed by atoms with Crippen molar-refractivity contribution >= 4 is 10.0 Å². The highest BCUT2D eigenvalue weighted by Gasteiger charge is 2.97. The van der Waals surface area contributed by atoms with Crippen LogP contribution in [0.3, 0.4) is 0 Å². The molecule has 0 aliphatic rings. The average molecular weight is 719 g/mol. The number of halogens is 26. The van der Waals surface area contributed by atoms with Crippen molar-refractivity contribution in [2.75, 3.05) is 0 Å². The topological polar surface area (TPSA) is 46.2 Å². The van der Waals surface area contributed by atoms with Crippen molar-refractivity contribution < 1.29 is 128 Å². The van der Waals surface area contributed by atoms with Gasteiger partial charge in [0.1, 0.15) is 0 Å². The van der Waals surface area contributed by atoms with E-state index in [0.29, 0.717) is 0 Å². The van der Waals surface area contributed by atoms with E-state index in [2.05, 4.69) is 0 Å². The van der Waals surface area contributed by atoms with Gasteiger partial charge in [-0.25, -0.2) is 8.42 Å². The van der Waals surface area contributed by atoms with Gasteiger partial charge in [0.25, 0.3) is 10.0 Å². The maximum atomic E-state index is 13.6. The van der Waals surface area contributed by atoms with Gasteiger partial charge in [-0.1, -0.05) is 0 Å². The molecule has 0 aromatic rings. The fraction of sp³-hybridized carbons (Fsp3) is 1.00. The Morgan fingerprint density at radius 3 is 0.929 bits per heavy atom. The predicted molar refractivity (Wildman–Crippen MR) is 71.2 cm³/mol. The molecule has 0 saturated carbocycles. The van der Waals surface area contributed by atoms with Crippen LogP contribution in [0.15, 0.2) is 0 Å². The lowest BCUT2D eigenvalue weighted by atomic mass is 9.91. The normalized spacial score (nSPS) is 17.1. The van der Waals surface area contributed by atoms with Crippen molar-refractivity contribution in [2.45, 2.75) is 65.0 Å². The monoisotopic (exact) mass is 719 g/mol. The van der Waals surface area contributed by atoms with Gasteiger partial charge in [0.2, 0.25) is 0 Å². The number of quaternary nitrogens is 1. The van der Waals surface area contributed by atoms with Crippen LogP contribution < -0.4 is 4.72 Å². The summed E-state index contributed by atoms with van der Waals surface area (Å²) in [4.78, 5) is 0. The predicted octanol–water partition coefficient (Wildman–Crippen LogP) is 7.16. The fourth-order valence-corrected chi connectivity index (χ4v) is 3.02. The van der Waals surface area contributed by atoms with Crippen molar-refractivity contribution in [3.8, 4) is 0 Å². The van der Waals surface area contributed by atoms with E-state index in [4.69, 9.17) is 0 Å². The summed E-state index contributed by atoms with van der Waals surface area (Å²) in [6, 6.07) is -16.6. The largest absolute Gasteiger partial charge is 0.577 e. The third-order valence-electron chi connectivity index (χ3n) is 4.38. The highest BCUT2D eigenvalue weighted by Crippen LogP contribution is 2.64. The van der Waals surface area contributed by atoms with E-state index in [9.17, 15) is 123 Å². The van der Waals surface area contributed by atoms with Crippen LogP contribution in [0, 0.1) is 0 Å². The summed E-state index contributed by atoms with van der Waals surface area (Å²) in [5.74, 6) is -63.9. The third-order valence-corrected chi connectivity index (χ3v) is 5.84. The lowest BCUT2D eigenvalue weighted by Gasteiger charge is -2.42. The first-order chi connectivity index (χ1) is 17.5. The molecule has 0 heterocycles. The second-order valence-electron chi connectivity index (χ2n) is 7.20. The van der Waals surface area contributed by atoms with Crippen molar-refractivity contribution in [1.82, 2.24) is 4.72 Å². The molecule has 0 aromatic carbocycles. The van der Waals surface area contributed by atoms with Gasteiger partial charge in [-0.15, -0.1) is 13.5 Å². The molecule has 0 bridgehead atoms. The van der Waals surface area contributed by atoms with Gasteiger partial charge in [0.05, 0.1) is 13.4 Å². The maximum absolute atomic E-state index is 13.6. The Labute approximate surface area is 209 Å². The van der Waals surface area contributed by atoms with Crippen LogP contribution in [0.4, 0.5) is 114 Å². The van der Waals surface area contributed by atoms with E-state index in [1.807, 2.05) is 0 Å². The van der Waals surface area contributed by atoms with Crippen LogP contribution in [0.1, 0.15) is 0 Å². The van der Waals surface area contributed by atoms with Crippen LogP contribution >= 0.6 is 0 Å². The quantitative estimate of drug-likeness (QED) is 0.132. The molecule has 0 aliphatic heterocycles. The summed E-state index contributed by atoms with van der Waals surface area (Å²) >= 11 is 0. The van der Waals surface area contributed by atoms with Gasteiger partial charge in [0, 0.05) is 0 Å². The van der Waals surface area contributed by atoms with Crippen LogP contribution in [0.5, 0.6) is 0 Å². The molecule has 31 heteroatoms. The second kappa shape index (κ2) is 9.52. The van der Waals surface area contributed by atoms with E-state index in [1.165, 1.54) is 0 Å². The molecular weight excluding hydrogens is 718 g/mol. The lowest BCUT2D eigenvalue weighted by Crippen LogP contribution is -2.76. The van der Waals surface area contributed by atoms with Gasteiger partial charge >= 0.3 is 70.1 Å². The standard InChI is InChI=1S/C11HF26N2O2S/c12-1(13,3(16,17)5(20,21)8(26,27)28)2(14,15)4(18,19)6(22,23)11(33,34)42(40,41)38-9(29,30)7(24,25)10(31,32)39(35,36)37/h38H/q+1. The van der Waals surface area contributed by atoms with E-state index in [-0.39, 0.29) is 0 Å². The van der Waals surface area contributed by atoms with Gasteiger partial charge in [-0.3, -0.25) is 0 Å². The number of hydrogen-bond acceptors (Lipinski definition) is 2. The Morgan fingerprint density at radius 1 is 0.405 bits per heavy atom. The molecule has 0 unspecified atom stereocenters. The van der Waals surface area contributed by atoms with E-state index >= 15 is 0 Å². The Balaban J connectivity index is 7.16. The van der Waals surface area contributed by atoms with Crippen LogP contribution in [0.2, 0.25) is 0 Å². The van der Waals surface area contributed by atoms with Crippen molar-refractivity contribution in [3.05, 3.63) is 0 Å². The zero-order valence-electron chi connectivity index (χ0n) is 17.5. The first kappa shape index (κ1) is 40.1. The minimum Gasteiger partial charge on any atom is -0.206 e. The molecule has 0 atom stereocenters. The Morgan fingerprint density at radius 2 is 0.667 bits per heavy atom. The molecule has 254 valence electrons. The van der Waals surface area contributed by atoms with Gasteiger partial charge in [0.15, 0.2) is 0 Å². The summed E-state index contributed by atoms with van der Waals surface area (Å²) in [5.41, 5.74) is 0. The first-order valence-corrected chi connectivity index (χ1v) is 9.80. The Hall–Kier alpha value is -1.95. The van der Waals surface area contributed by atoms with Crippen molar-refractivity contribution in [3.63, 3.8) is 0 Å². The maximum Gasteiger partial charge on any atom is 0.577 e. The molecule has 0 rings (SSSR count). The molecule has 0 aromatic heterocycles. The molecule has 0 aliphatic carbocycles. The van der Waals surface area contributed by atoms with Crippen LogP contribution in [-0.4, -0.2) is 78.5 Å². The number of rotatable bonds is 12. The molecule has 1 N–H and O–H groups in total. The number of sulfonamides is 1. The average Bonchev–Trinajstić information content (AvgIpc) is 2.69. The van der Waals surface area contributed by atoms with Crippen molar-refractivity contribution in [2.24, 2.45) is 0 Å². The smallest absolute Gasteiger partial charge is 0.206 e. The minimum atomic E-state index is -9.49. The molecule has 42 heavy (non-hydrogen) atoms. The summed E-state index contributed by atoms with van der Waals surface area (Å²) in [6.45, 7) is 0. The Kier molecular flexibility index (Phi) is 9.08. The molecule has 0 saturated heterocycles. The molecule has 0 fully saturated rings. The number of nitrogens with zero attached hydrogens (tertiary/aromatic N) is 1. The van der Waals surface area contributed by atoms with Gasteiger partial charge < -0.3 is 0 Å². The molecule has 4 nitrogen and oxygen atoms in total. The van der Waals surface area contributed by atoms with E-state index in [0.717, 1.165) is 0 Å². The fourth-order valence-electron chi connectivity index (χ4n) is 1.96. The van der Waals surface area contributed by atoms with Gasteiger partial charge in [-0.2, -0.15) is 92.2 Å². The summed E-state index contributed by atoms with van der Waals surface area (Å²) in [6.07, 6.45) is -8.18.